The van der Waals surface area contributed by atoms with Crippen LogP contribution < -0.4 is 0 Å². The summed E-state index contributed by atoms with van der Waals surface area (Å²) in [7, 11) is -3.24. The number of sulfonamides is 1. The molecule has 1 atom stereocenters. The van der Waals surface area contributed by atoms with Gasteiger partial charge in [-0.15, -0.1) is 0 Å². The average molecular weight is 265 g/mol. The third-order valence-electron chi connectivity index (χ3n) is 2.75. The number of rotatable bonds is 4. The molecule has 0 aromatic carbocycles. The Morgan fingerprint density at radius 1 is 1.12 bits per heavy atom. The molecule has 0 heterocycles. The summed E-state index contributed by atoms with van der Waals surface area (Å²) >= 11 is 0. The first-order chi connectivity index (χ1) is 7.26. The third-order valence-corrected chi connectivity index (χ3v) is 4.28. The van der Waals surface area contributed by atoms with E-state index in [2.05, 4.69) is 0 Å². The van der Waals surface area contributed by atoms with Crippen molar-refractivity contribution in [1.82, 2.24) is 4.31 Å². The lowest BCUT2D eigenvalue weighted by atomic mass is 9.87. The van der Waals surface area contributed by atoms with Gasteiger partial charge in [0.05, 0.1) is 12.4 Å². The molecule has 0 aliphatic carbocycles. The van der Waals surface area contributed by atoms with E-state index in [9.17, 15) is 13.5 Å². The lowest BCUT2D eigenvalue weighted by molar-refractivity contribution is 0.0469. The summed E-state index contributed by atoms with van der Waals surface area (Å²) in [6.45, 7) is 11.8. The number of hydrogen-bond donors (Lipinski definition) is 1. The normalized spacial score (nSPS) is 16.3. The van der Waals surface area contributed by atoms with Crippen molar-refractivity contribution in [3.63, 3.8) is 0 Å². The molecule has 0 aromatic heterocycles. The summed E-state index contributed by atoms with van der Waals surface area (Å²) in [6, 6.07) is 0. The minimum atomic E-state index is -3.24. The maximum absolute atomic E-state index is 11.7. The Morgan fingerprint density at radius 3 is 1.76 bits per heavy atom. The Bertz CT molecular complexity index is 336. The number of aliphatic hydroxyl groups is 1. The van der Waals surface area contributed by atoms with Gasteiger partial charge in [-0.05, 0) is 32.6 Å². The topological polar surface area (TPSA) is 57.6 Å². The Hall–Kier alpha value is -0.130. The minimum Gasteiger partial charge on any atom is -0.393 e. The molecule has 17 heavy (non-hydrogen) atoms. The highest BCUT2D eigenvalue weighted by molar-refractivity contribution is 7.88. The zero-order valence-electron chi connectivity index (χ0n) is 12.1. The zero-order chi connectivity index (χ0) is 14.1. The quantitative estimate of drug-likeness (QED) is 0.844. The van der Waals surface area contributed by atoms with Gasteiger partial charge in [0, 0.05) is 12.1 Å². The molecule has 0 aliphatic heterocycles. The van der Waals surface area contributed by atoms with Crippen molar-refractivity contribution in [2.45, 2.75) is 59.6 Å². The van der Waals surface area contributed by atoms with E-state index in [-0.39, 0.29) is 5.41 Å². The lowest BCUT2D eigenvalue weighted by Crippen LogP contribution is -2.46. The van der Waals surface area contributed by atoms with Crippen LogP contribution in [0.5, 0.6) is 0 Å². The highest BCUT2D eigenvalue weighted by atomic mass is 32.2. The van der Waals surface area contributed by atoms with Crippen LogP contribution in [0.25, 0.3) is 0 Å². The van der Waals surface area contributed by atoms with Gasteiger partial charge in [0.1, 0.15) is 0 Å². The highest BCUT2D eigenvalue weighted by Gasteiger charge is 2.31. The first kappa shape index (κ1) is 16.9. The molecule has 0 aliphatic rings. The summed E-state index contributed by atoms with van der Waals surface area (Å²) in [6.07, 6.45) is 1.16. The summed E-state index contributed by atoms with van der Waals surface area (Å²) < 4.78 is 24.8. The smallest absolute Gasteiger partial charge is 0.211 e. The van der Waals surface area contributed by atoms with E-state index in [0.717, 1.165) is 0 Å². The molecule has 104 valence electrons. The van der Waals surface area contributed by atoms with E-state index >= 15 is 0 Å². The van der Waals surface area contributed by atoms with Crippen LogP contribution >= 0.6 is 0 Å². The van der Waals surface area contributed by atoms with E-state index in [0.29, 0.717) is 13.0 Å². The van der Waals surface area contributed by atoms with Gasteiger partial charge in [-0.3, -0.25) is 0 Å². The van der Waals surface area contributed by atoms with Crippen LogP contribution in [-0.4, -0.2) is 42.3 Å². The first-order valence-electron chi connectivity index (χ1n) is 5.92. The summed E-state index contributed by atoms with van der Waals surface area (Å²) in [5, 5.41) is 9.94. The Kier molecular flexibility index (Phi) is 5.20. The molecule has 0 aromatic rings. The third kappa shape index (κ3) is 5.84. The molecular formula is C12H27NO3S. The predicted octanol–water partition coefficient (Wildman–Crippen LogP) is 1.84. The fraction of sp³-hybridized carbons (Fsp3) is 1.00. The van der Waals surface area contributed by atoms with E-state index in [1.807, 2.05) is 41.5 Å². The molecule has 5 heteroatoms. The van der Waals surface area contributed by atoms with Crippen LogP contribution in [0.15, 0.2) is 0 Å². The van der Waals surface area contributed by atoms with Crippen LogP contribution in [-0.2, 0) is 10.0 Å². The fourth-order valence-electron chi connectivity index (χ4n) is 1.67. The van der Waals surface area contributed by atoms with Crippen molar-refractivity contribution in [1.29, 1.82) is 0 Å². The molecule has 0 saturated heterocycles. The fourth-order valence-corrected chi connectivity index (χ4v) is 3.10. The van der Waals surface area contributed by atoms with Gasteiger partial charge in [-0.1, -0.05) is 20.8 Å². The van der Waals surface area contributed by atoms with Crippen LogP contribution in [0.4, 0.5) is 0 Å². The van der Waals surface area contributed by atoms with E-state index in [4.69, 9.17) is 0 Å². The number of nitrogens with zero attached hydrogens (tertiary/aromatic N) is 1. The van der Waals surface area contributed by atoms with Gasteiger partial charge in [0.2, 0.25) is 10.0 Å². The minimum absolute atomic E-state index is 0.221. The lowest BCUT2D eigenvalue weighted by Gasteiger charge is -2.35. The predicted molar refractivity (Wildman–Crippen MR) is 71.4 cm³/mol. The second-order valence-corrected chi connectivity index (χ2v) is 8.58. The summed E-state index contributed by atoms with van der Waals surface area (Å²) in [4.78, 5) is 0. The van der Waals surface area contributed by atoms with Crippen molar-refractivity contribution in [2.24, 2.45) is 5.41 Å². The highest BCUT2D eigenvalue weighted by Crippen LogP contribution is 2.24. The molecule has 0 fully saturated rings. The number of aliphatic hydroxyl groups excluding tert-OH is 1. The SMILES string of the molecule is CC(C)(C)C(O)CCN(C(C)(C)C)S(C)(=O)=O. The molecule has 1 N–H and O–H groups in total. The number of hydrogen-bond acceptors (Lipinski definition) is 3. The van der Waals surface area contributed by atoms with Crippen molar-refractivity contribution in [3.05, 3.63) is 0 Å². The molecule has 0 amide bonds. The molecule has 0 saturated carbocycles. The van der Waals surface area contributed by atoms with Crippen molar-refractivity contribution >= 4 is 10.0 Å². The summed E-state index contributed by atoms with van der Waals surface area (Å²) in [5.74, 6) is 0. The standard InChI is InChI=1S/C12H27NO3S/c1-11(2,3)10(14)8-9-13(12(4,5)6)17(7,15)16/h10,14H,8-9H2,1-7H3. The average Bonchev–Trinajstić information content (AvgIpc) is 1.96. The molecular weight excluding hydrogens is 238 g/mol. The van der Waals surface area contributed by atoms with Crippen LogP contribution in [0.3, 0.4) is 0 Å². The largest absolute Gasteiger partial charge is 0.393 e. The molecule has 0 radical (unpaired) electrons. The summed E-state index contributed by atoms with van der Waals surface area (Å²) in [5.41, 5.74) is -0.674. The molecule has 4 nitrogen and oxygen atoms in total. The van der Waals surface area contributed by atoms with Gasteiger partial charge in [0.25, 0.3) is 0 Å². The van der Waals surface area contributed by atoms with Gasteiger partial charge in [0.15, 0.2) is 0 Å². The van der Waals surface area contributed by atoms with Crippen molar-refractivity contribution < 1.29 is 13.5 Å². The van der Waals surface area contributed by atoms with Crippen LogP contribution in [0.1, 0.15) is 48.0 Å². The van der Waals surface area contributed by atoms with Crippen molar-refractivity contribution in [2.75, 3.05) is 12.8 Å². The van der Waals surface area contributed by atoms with E-state index in [1.165, 1.54) is 10.6 Å². The molecule has 0 spiro atoms. The van der Waals surface area contributed by atoms with Crippen LogP contribution in [0, 0.1) is 5.41 Å². The second-order valence-electron chi connectivity index (χ2n) is 6.68. The monoisotopic (exact) mass is 265 g/mol. The van der Waals surface area contributed by atoms with E-state index in [1.54, 1.807) is 0 Å². The zero-order valence-corrected chi connectivity index (χ0v) is 12.9. The first-order valence-corrected chi connectivity index (χ1v) is 7.77. The molecule has 0 bridgehead atoms. The van der Waals surface area contributed by atoms with E-state index < -0.39 is 21.7 Å². The van der Waals surface area contributed by atoms with Crippen LogP contribution in [0.2, 0.25) is 0 Å². The molecule has 1 unspecified atom stereocenters. The van der Waals surface area contributed by atoms with Gasteiger partial charge in [-0.25, -0.2) is 8.42 Å². The molecule has 0 rings (SSSR count). The Balaban J connectivity index is 4.73. The van der Waals surface area contributed by atoms with Gasteiger partial charge >= 0.3 is 0 Å². The Morgan fingerprint density at radius 2 is 1.53 bits per heavy atom. The second kappa shape index (κ2) is 5.24. The van der Waals surface area contributed by atoms with Crippen molar-refractivity contribution in [3.8, 4) is 0 Å². The van der Waals surface area contributed by atoms with Gasteiger partial charge < -0.3 is 5.11 Å². The Labute approximate surface area is 106 Å². The van der Waals surface area contributed by atoms with Gasteiger partial charge in [-0.2, -0.15) is 4.31 Å². The maximum atomic E-state index is 11.7. The maximum Gasteiger partial charge on any atom is 0.211 e.